The molecule has 0 aromatic carbocycles. The van der Waals surface area contributed by atoms with Crippen molar-refractivity contribution in [1.82, 2.24) is 15.1 Å². The van der Waals surface area contributed by atoms with E-state index in [1.807, 2.05) is 51.7 Å². The summed E-state index contributed by atoms with van der Waals surface area (Å²) in [7, 11) is 0. The fourth-order valence-corrected chi connectivity index (χ4v) is 4.36. The average Bonchev–Trinajstić information content (AvgIpc) is 3.11. The molecule has 0 spiro atoms. The Balaban J connectivity index is 1.99. The number of nitrogens with one attached hydrogen (secondary N) is 1. The first-order valence-electron chi connectivity index (χ1n) is 10.6. The van der Waals surface area contributed by atoms with E-state index in [2.05, 4.69) is 5.32 Å². The minimum Gasteiger partial charge on any atom is -0.444 e. The van der Waals surface area contributed by atoms with E-state index in [9.17, 15) is 14.4 Å². The Hall–Kier alpha value is -2.09. The molecule has 1 aliphatic rings. The molecule has 168 valence electrons. The van der Waals surface area contributed by atoms with E-state index in [0.717, 1.165) is 24.3 Å². The first kappa shape index (κ1) is 24.2. The minimum atomic E-state index is -0.535. The van der Waals surface area contributed by atoms with Crippen LogP contribution < -0.4 is 5.32 Å². The third-order valence-electron chi connectivity index (χ3n) is 4.90. The number of nitrogens with zero attached hydrogens (tertiary/aromatic N) is 2. The second kappa shape index (κ2) is 10.3. The van der Waals surface area contributed by atoms with E-state index >= 15 is 0 Å². The van der Waals surface area contributed by atoms with Gasteiger partial charge in [0.15, 0.2) is 0 Å². The van der Waals surface area contributed by atoms with Gasteiger partial charge in [0.25, 0.3) is 5.91 Å². The number of carbonyl (C=O) groups is 3. The van der Waals surface area contributed by atoms with Crippen LogP contribution in [0.4, 0.5) is 4.79 Å². The molecule has 1 saturated heterocycles. The number of hydrogen-bond donors (Lipinski definition) is 1. The quantitative estimate of drug-likeness (QED) is 0.732. The van der Waals surface area contributed by atoms with Crippen LogP contribution in [0, 0.1) is 5.92 Å². The summed E-state index contributed by atoms with van der Waals surface area (Å²) in [5, 5.41) is 2.76. The van der Waals surface area contributed by atoms with Gasteiger partial charge in [0.2, 0.25) is 5.91 Å². The van der Waals surface area contributed by atoms with Crippen molar-refractivity contribution in [3.63, 3.8) is 0 Å². The lowest BCUT2D eigenvalue weighted by Gasteiger charge is -2.37. The summed E-state index contributed by atoms with van der Waals surface area (Å²) >= 11 is 1.42. The maximum atomic E-state index is 13.0. The fourth-order valence-electron chi connectivity index (χ4n) is 3.45. The van der Waals surface area contributed by atoms with Gasteiger partial charge >= 0.3 is 6.09 Å². The van der Waals surface area contributed by atoms with Crippen molar-refractivity contribution in [3.05, 3.63) is 21.9 Å². The van der Waals surface area contributed by atoms with E-state index in [1.165, 1.54) is 18.3 Å². The van der Waals surface area contributed by atoms with Crippen molar-refractivity contribution in [3.8, 4) is 0 Å². The number of amides is 3. The Morgan fingerprint density at radius 1 is 1.30 bits per heavy atom. The Morgan fingerprint density at radius 2 is 2.00 bits per heavy atom. The second-order valence-corrected chi connectivity index (χ2v) is 10.3. The summed E-state index contributed by atoms with van der Waals surface area (Å²) in [6.07, 6.45) is 1.59. The molecular weight excluding hydrogens is 402 g/mol. The Labute approximate surface area is 183 Å². The van der Waals surface area contributed by atoms with Gasteiger partial charge < -0.3 is 19.9 Å². The lowest BCUT2D eigenvalue weighted by atomic mass is 9.97. The fraction of sp³-hybridized carbons (Fsp3) is 0.682. The molecule has 8 heteroatoms. The molecule has 3 amide bonds. The number of thiophene rings is 1. The molecule has 1 unspecified atom stereocenters. The van der Waals surface area contributed by atoms with Gasteiger partial charge in [0.05, 0.1) is 11.4 Å². The zero-order chi connectivity index (χ0) is 22.5. The Bertz CT molecular complexity index is 754. The number of piperidine rings is 1. The van der Waals surface area contributed by atoms with Gasteiger partial charge in [-0.3, -0.25) is 9.59 Å². The third-order valence-corrected chi connectivity index (χ3v) is 5.97. The number of carbonyl (C=O) groups excluding carboxylic acids is 3. The monoisotopic (exact) mass is 437 g/mol. The van der Waals surface area contributed by atoms with E-state index in [-0.39, 0.29) is 29.9 Å². The topological polar surface area (TPSA) is 79.0 Å². The Morgan fingerprint density at radius 3 is 2.60 bits per heavy atom. The molecule has 2 rings (SSSR count). The van der Waals surface area contributed by atoms with Crippen molar-refractivity contribution in [2.75, 3.05) is 19.6 Å². The second-order valence-electron chi connectivity index (χ2n) is 9.16. The van der Waals surface area contributed by atoms with Gasteiger partial charge in [-0.1, -0.05) is 0 Å². The molecule has 1 aromatic heterocycles. The van der Waals surface area contributed by atoms with E-state index in [0.29, 0.717) is 24.5 Å². The first-order valence-corrected chi connectivity index (χ1v) is 11.4. The van der Waals surface area contributed by atoms with Crippen LogP contribution in [0.15, 0.2) is 12.1 Å². The zero-order valence-electron chi connectivity index (χ0n) is 19.0. The van der Waals surface area contributed by atoms with Crippen molar-refractivity contribution in [2.45, 2.75) is 72.6 Å². The molecule has 1 aliphatic heterocycles. The van der Waals surface area contributed by atoms with Crippen LogP contribution in [-0.2, 0) is 16.1 Å². The molecule has 2 heterocycles. The van der Waals surface area contributed by atoms with E-state index < -0.39 is 5.60 Å². The minimum absolute atomic E-state index is 0.0205. The zero-order valence-corrected chi connectivity index (χ0v) is 19.8. The smallest absolute Gasteiger partial charge is 0.410 e. The van der Waals surface area contributed by atoms with Gasteiger partial charge in [-0.05, 0) is 65.5 Å². The number of hydrogen-bond acceptors (Lipinski definition) is 5. The van der Waals surface area contributed by atoms with Crippen LogP contribution in [0.25, 0.3) is 0 Å². The SMILES string of the molecule is CC(=O)NCc1ccc(C(=O)N2CCCC(CN(C(=O)OC(C)(C)C)C(C)C)C2)s1. The van der Waals surface area contributed by atoms with Crippen LogP contribution in [0.5, 0.6) is 0 Å². The first-order chi connectivity index (χ1) is 14.0. The summed E-state index contributed by atoms with van der Waals surface area (Å²) in [4.78, 5) is 42.0. The summed E-state index contributed by atoms with van der Waals surface area (Å²) in [6.45, 7) is 13.4. The molecule has 30 heavy (non-hydrogen) atoms. The van der Waals surface area contributed by atoms with Gasteiger partial charge in [-0.25, -0.2) is 4.79 Å². The summed E-state index contributed by atoms with van der Waals surface area (Å²) in [6, 6.07) is 3.74. The number of ether oxygens (including phenoxy) is 1. The molecule has 7 nitrogen and oxygen atoms in total. The highest BCUT2D eigenvalue weighted by atomic mass is 32.1. The normalized spacial score (nSPS) is 17.0. The van der Waals surface area contributed by atoms with Crippen LogP contribution in [0.3, 0.4) is 0 Å². The molecular formula is C22H35N3O4S. The van der Waals surface area contributed by atoms with Gasteiger partial charge in [-0.2, -0.15) is 0 Å². The van der Waals surface area contributed by atoms with Crippen molar-refractivity contribution in [1.29, 1.82) is 0 Å². The summed E-state index contributed by atoms with van der Waals surface area (Å²) in [5.74, 6) is 0.151. The van der Waals surface area contributed by atoms with Gasteiger partial charge in [0, 0.05) is 37.5 Å². The van der Waals surface area contributed by atoms with Crippen molar-refractivity contribution >= 4 is 29.2 Å². The molecule has 0 aliphatic carbocycles. The highest BCUT2D eigenvalue weighted by molar-refractivity contribution is 7.14. The average molecular weight is 438 g/mol. The van der Waals surface area contributed by atoms with Gasteiger partial charge in [0.1, 0.15) is 5.60 Å². The van der Waals surface area contributed by atoms with Crippen molar-refractivity contribution < 1.29 is 19.1 Å². The van der Waals surface area contributed by atoms with Crippen LogP contribution in [-0.4, -0.2) is 59.0 Å². The lowest BCUT2D eigenvalue weighted by molar-refractivity contribution is -0.119. The highest BCUT2D eigenvalue weighted by Gasteiger charge is 2.30. The number of likely N-dealkylation sites (tertiary alicyclic amines) is 1. The maximum Gasteiger partial charge on any atom is 0.410 e. The van der Waals surface area contributed by atoms with Gasteiger partial charge in [-0.15, -0.1) is 11.3 Å². The molecule has 1 atom stereocenters. The highest BCUT2D eigenvalue weighted by Crippen LogP contribution is 2.24. The molecule has 0 bridgehead atoms. The van der Waals surface area contributed by atoms with E-state index in [1.54, 1.807) is 4.90 Å². The van der Waals surface area contributed by atoms with Crippen molar-refractivity contribution in [2.24, 2.45) is 5.92 Å². The predicted molar refractivity (Wildman–Crippen MR) is 119 cm³/mol. The third kappa shape index (κ3) is 7.31. The standard InChI is InChI=1S/C22H35N3O4S/c1-15(2)25(21(28)29-22(4,5)6)14-17-8-7-11-24(13-17)20(27)19-10-9-18(30-19)12-23-16(3)26/h9-10,15,17H,7-8,11-14H2,1-6H3,(H,23,26). The van der Waals surface area contributed by atoms with Crippen LogP contribution >= 0.6 is 11.3 Å². The number of rotatable bonds is 6. The largest absolute Gasteiger partial charge is 0.444 e. The lowest BCUT2D eigenvalue weighted by Crippen LogP contribution is -2.48. The molecule has 0 saturated carbocycles. The molecule has 1 fully saturated rings. The van der Waals surface area contributed by atoms with E-state index in [4.69, 9.17) is 4.74 Å². The molecule has 0 radical (unpaired) electrons. The summed E-state index contributed by atoms with van der Waals surface area (Å²) < 4.78 is 5.57. The van der Waals surface area contributed by atoms with Crippen LogP contribution in [0.1, 0.15) is 68.9 Å². The van der Waals surface area contributed by atoms with Crippen LogP contribution in [0.2, 0.25) is 0 Å². The maximum absolute atomic E-state index is 13.0. The molecule has 1 aromatic rings. The Kier molecular flexibility index (Phi) is 8.29. The molecule has 1 N–H and O–H groups in total. The predicted octanol–water partition coefficient (Wildman–Crippen LogP) is 3.88. The summed E-state index contributed by atoms with van der Waals surface area (Å²) in [5.41, 5.74) is -0.535.